The highest BCUT2D eigenvalue weighted by molar-refractivity contribution is 6.17. The Hall–Kier alpha value is -1.03. The summed E-state index contributed by atoms with van der Waals surface area (Å²) in [6.07, 6.45) is 5.24. The first kappa shape index (κ1) is 13.4. The molecule has 0 radical (unpaired) electrons. The summed E-state index contributed by atoms with van der Waals surface area (Å²) >= 11 is 5.82. The fraction of sp³-hybridized carbons (Fsp3) is 0.692. The zero-order valence-electron chi connectivity index (χ0n) is 10.9. The van der Waals surface area contributed by atoms with Crippen LogP contribution in [0.2, 0.25) is 0 Å². The Morgan fingerprint density at radius 3 is 2.83 bits per heavy atom. The van der Waals surface area contributed by atoms with Crippen LogP contribution in [0.3, 0.4) is 0 Å². The minimum Gasteiger partial charge on any atom is -0.475 e. The molecule has 2 rings (SSSR count). The van der Waals surface area contributed by atoms with Crippen LogP contribution < -0.4 is 10.1 Å². The molecule has 1 fully saturated rings. The first-order valence-electron chi connectivity index (χ1n) is 6.42. The summed E-state index contributed by atoms with van der Waals surface area (Å²) in [5.74, 6) is 2.17. The van der Waals surface area contributed by atoms with Crippen molar-refractivity contribution >= 4 is 17.4 Å². The number of hydrogen-bond donors (Lipinski definition) is 1. The lowest BCUT2D eigenvalue weighted by molar-refractivity contribution is 0.232. The molecule has 0 unspecified atom stereocenters. The Morgan fingerprint density at radius 2 is 2.22 bits per heavy atom. The SMILES string of the molecule is CC(C)Oc1cc(NCC2(CCCl)CC2)ncn1. The smallest absolute Gasteiger partial charge is 0.218 e. The lowest BCUT2D eigenvalue weighted by Gasteiger charge is -2.15. The van der Waals surface area contributed by atoms with Gasteiger partial charge in [0.1, 0.15) is 12.1 Å². The number of ether oxygens (including phenoxy) is 1. The molecule has 18 heavy (non-hydrogen) atoms. The fourth-order valence-corrected chi connectivity index (χ4v) is 2.31. The fourth-order valence-electron chi connectivity index (χ4n) is 1.91. The quantitative estimate of drug-likeness (QED) is 0.773. The van der Waals surface area contributed by atoms with Crippen LogP contribution in [-0.2, 0) is 0 Å². The van der Waals surface area contributed by atoms with Gasteiger partial charge in [-0.2, -0.15) is 0 Å². The second kappa shape index (κ2) is 5.74. The van der Waals surface area contributed by atoms with E-state index in [0.717, 1.165) is 24.7 Å². The van der Waals surface area contributed by atoms with E-state index in [1.54, 1.807) is 0 Å². The molecular formula is C13H20ClN3O. The van der Waals surface area contributed by atoms with Gasteiger partial charge in [-0.25, -0.2) is 9.97 Å². The van der Waals surface area contributed by atoms with E-state index in [1.165, 1.54) is 19.2 Å². The molecule has 0 amide bonds. The van der Waals surface area contributed by atoms with Crippen LogP contribution in [-0.4, -0.2) is 28.5 Å². The molecule has 5 heteroatoms. The maximum atomic E-state index is 5.82. The van der Waals surface area contributed by atoms with Gasteiger partial charge in [-0.05, 0) is 38.5 Å². The van der Waals surface area contributed by atoms with Crippen molar-refractivity contribution in [2.75, 3.05) is 17.7 Å². The Labute approximate surface area is 113 Å². The number of hydrogen-bond acceptors (Lipinski definition) is 4. The molecule has 1 N–H and O–H groups in total. The van der Waals surface area contributed by atoms with Gasteiger partial charge in [0.15, 0.2) is 0 Å². The molecule has 1 heterocycles. The highest BCUT2D eigenvalue weighted by Gasteiger charge is 2.41. The lowest BCUT2D eigenvalue weighted by Crippen LogP contribution is -2.17. The average molecular weight is 270 g/mol. The van der Waals surface area contributed by atoms with E-state index in [1.807, 2.05) is 19.9 Å². The van der Waals surface area contributed by atoms with Gasteiger partial charge in [0.2, 0.25) is 5.88 Å². The van der Waals surface area contributed by atoms with E-state index in [2.05, 4.69) is 15.3 Å². The Bertz CT molecular complexity index is 394. The summed E-state index contributed by atoms with van der Waals surface area (Å²) < 4.78 is 5.54. The zero-order valence-corrected chi connectivity index (χ0v) is 11.7. The van der Waals surface area contributed by atoms with Crippen molar-refractivity contribution in [2.45, 2.75) is 39.2 Å². The minimum atomic E-state index is 0.124. The van der Waals surface area contributed by atoms with Crippen LogP contribution in [0.15, 0.2) is 12.4 Å². The summed E-state index contributed by atoms with van der Waals surface area (Å²) in [6.45, 7) is 4.89. The molecule has 0 aromatic carbocycles. The first-order valence-corrected chi connectivity index (χ1v) is 6.96. The van der Waals surface area contributed by atoms with Gasteiger partial charge in [-0.3, -0.25) is 0 Å². The highest BCUT2D eigenvalue weighted by Crippen LogP contribution is 2.48. The van der Waals surface area contributed by atoms with Crippen LogP contribution in [0, 0.1) is 5.41 Å². The topological polar surface area (TPSA) is 47.0 Å². The minimum absolute atomic E-state index is 0.124. The van der Waals surface area contributed by atoms with Gasteiger partial charge < -0.3 is 10.1 Å². The molecule has 1 aromatic heterocycles. The number of nitrogens with zero attached hydrogens (tertiary/aromatic N) is 2. The largest absolute Gasteiger partial charge is 0.475 e. The average Bonchev–Trinajstić information content (AvgIpc) is 3.07. The van der Waals surface area contributed by atoms with Gasteiger partial charge in [0, 0.05) is 18.5 Å². The maximum absolute atomic E-state index is 5.82. The summed E-state index contributed by atoms with van der Waals surface area (Å²) in [7, 11) is 0. The predicted octanol–water partition coefficient (Wildman–Crippen LogP) is 3.08. The molecule has 0 saturated heterocycles. The van der Waals surface area contributed by atoms with Crippen LogP contribution in [0.4, 0.5) is 5.82 Å². The highest BCUT2D eigenvalue weighted by atomic mass is 35.5. The third kappa shape index (κ3) is 3.73. The molecule has 1 aromatic rings. The number of halogens is 1. The third-order valence-corrected chi connectivity index (χ3v) is 3.41. The molecule has 100 valence electrons. The maximum Gasteiger partial charge on any atom is 0.218 e. The van der Waals surface area contributed by atoms with E-state index in [0.29, 0.717) is 11.3 Å². The third-order valence-electron chi connectivity index (χ3n) is 3.22. The molecule has 4 nitrogen and oxygen atoms in total. The molecule has 1 aliphatic carbocycles. The molecule has 0 spiro atoms. The van der Waals surface area contributed by atoms with Crippen molar-refractivity contribution in [3.8, 4) is 5.88 Å². The van der Waals surface area contributed by atoms with Gasteiger partial charge in [0.25, 0.3) is 0 Å². The van der Waals surface area contributed by atoms with E-state index in [9.17, 15) is 0 Å². The summed E-state index contributed by atoms with van der Waals surface area (Å²) in [4.78, 5) is 8.28. The van der Waals surface area contributed by atoms with Crippen LogP contribution in [0.1, 0.15) is 33.1 Å². The second-order valence-corrected chi connectivity index (χ2v) is 5.58. The van der Waals surface area contributed by atoms with Crippen molar-refractivity contribution < 1.29 is 4.74 Å². The Balaban J connectivity index is 1.89. The van der Waals surface area contributed by atoms with E-state index >= 15 is 0 Å². The van der Waals surface area contributed by atoms with Crippen molar-refractivity contribution in [2.24, 2.45) is 5.41 Å². The molecule has 0 atom stereocenters. The van der Waals surface area contributed by atoms with Crippen LogP contribution in [0.5, 0.6) is 5.88 Å². The predicted molar refractivity (Wildman–Crippen MR) is 73.3 cm³/mol. The number of aromatic nitrogens is 2. The number of rotatable bonds is 7. The summed E-state index contributed by atoms with van der Waals surface area (Å²) in [5, 5.41) is 3.36. The molecule has 1 saturated carbocycles. The van der Waals surface area contributed by atoms with Crippen molar-refractivity contribution in [3.05, 3.63) is 12.4 Å². The zero-order chi connectivity index (χ0) is 13.0. The molecule has 1 aliphatic rings. The standard InChI is InChI=1S/C13H20ClN3O/c1-10(2)18-12-7-11(16-9-17-12)15-8-13(3-4-13)5-6-14/h7,9-10H,3-6,8H2,1-2H3,(H,15,16,17). The summed E-state index contributed by atoms with van der Waals surface area (Å²) in [5.41, 5.74) is 0.395. The second-order valence-electron chi connectivity index (χ2n) is 5.20. The van der Waals surface area contributed by atoms with Crippen LogP contribution in [0.25, 0.3) is 0 Å². The van der Waals surface area contributed by atoms with Crippen molar-refractivity contribution in [3.63, 3.8) is 0 Å². The van der Waals surface area contributed by atoms with E-state index in [-0.39, 0.29) is 6.10 Å². The van der Waals surface area contributed by atoms with Gasteiger partial charge in [0.05, 0.1) is 6.10 Å². The number of anilines is 1. The monoisotopic (exact) mass is 269 g/mol. The normalized spacial score (nSPS) is 16.7. The molecular weight excluding hydrogens is 250 g/mol. The van der Waals surface area contributed by atoms with Gasteiger partial charge in [-0.15, -0.1) is 11.6 Å². The Morgan fingerprint density at radius 1 is 1.44 bits per heavy atom. The molecule has 0 aliphatic heterocycles. The Kier molecular flexibility index (Phi) is 4.27. The van der Waals surface area contributed by atoms with Gasteiger partial charge in [-0.1, -0.05) is 0 Å². The van der Waals surface area contributed by atoms with E-state index in [4.69, 9.17) is 16.3 Å². The first-order chi connectivity index (χ1) is 8.63. The van der Waals surface area contributed by atoms with E-state index < -0.39 is 0 Å². The van der Waals surface area contributed by atoms with Crippen molar-refractivity contribution in [1.29, 1.82) is 0 Å². The summed E-state index contributed by atoms with van der Waals surface area (Å²) in [6, 6.07) is 1.84. The number of nitrogens with one attached hydrogen (secondary N) is 1. The molecule has 0 bridgehead atoms. The van der Waals surface area contributed by atoms with Gasteiger partial charge >= 0.3 is 0 Å². The van der Waals surface area contributed by atoms with Crippen LogP contribution >= 0.6 is 11.6 Å². The number of alkyl halides is 1. The van der Waals surface area contributed by atoms with Crippen molar-refractivity contribution in [1.82, 2.24) is 9.97 Å². The lowest BCUT2D eigenvalue weighted by atomic mass is 10.0.